The largest absolute Gasteiger partial charge is 0.323 e. The molecule has 12 heavy (non-hydrogen) atoms. The number of rotatable bonds is 2. The first kappa shape index (κ1) is 9.11. The van der Waals surface area contributed by atoms with Crippen molar-refractivity contribution < 1.29 is 0 Å². The van der Waals surface area contributed by atoms with Gasteiger partial charge in [0.05, 0.1) is 12.5 Å². The minimum Gasteiger partial charge on any atom is -0.323 e. The summed E-state index contributed by atoms with van der Waals surface area (Å²) in [7, 11) is 0. The molecule has 0 heterocycles. The fraction of sp³-hybridized carbons (Fsp3) is 0.222. The summed E-state index contributed by atoms with van der Waals surface area (Å²) in [5.41, 5.74) is 6.69. The Labute approximate surface area is 77.4 Å². The van der Waals surface area contributed by atoms with Crippen molar-refractivity contribution in [1.82, 2.24) is 0 Å². The van der Waals surface area contributed by atoms with Crippen LogP contribution in [0.3, 0.4) is 0 Å². The molecule has 0 unspecified atom stereocenters. The van der Waals surface area contributed by atoms with Crippen LogP contribution in [0.15, 0.2) is 29.2 Å². The van der Waals surface area contributed by atoms with Gasteiger partial charge < -0.3 is 5.73 Å². The Morgan fingerprint density at radius 2 is 2.00 bits per heavy atom. The molecule has 0 spiro atoms. The van der Waals surface area contributed by atoms with Crippen LogP contribution in [-0.2, 0) is 0 Å². The highest BCUT2D eigenvalue weighted by molar-refractivity contribution is 7.80. The fourth-order valence-corrected chi connectivity index (χ4v) is 1.09. The molecule has 62 valence electrons. The Kier molecular flexibility index (Phi) is 3.15. The maximum Gasteiger partial charge on any atom is 0.0641 e. The summed E-state index contributed by atoms with van der Waals surface area (Å²) >= 11 is 4.15. The van der Waals surface area contributed by atoms with E-state index in [1.165, 1.54) is 0 Å². The van der Waals surface area contributed by atoms with Crippen molar-refractivity contribution >= 4 is 12.6 Å². The Morgan fingerprint density at radius 1 is 1.42 bits per heavy atom. The number of nitriles is 1. The maximum atomic E-state index is 8.41. The predicted octanol–water partition coefficient (Wildman–Crippen LogP) is 1.89. The molecule has 1 atom stereocenters. The van der Waals surface area contributed by atoms with E-state index in [4.69, 9.17) is 11.0 Å². The lowest BCUT2D eigenvalue weighted by molar-refractivity contribution is 0.747. The van der Waals surface area contributed by atoms with E-state index < -0.39 is 0 Å². The summed E-state index contributed by atoms with van der Waals surface area (Å²) < 4.78 is 0. The van der Waals surface area contributed by atoms with Crippen molar-refractivity contribution in [3.05, 3.63) is 29.8 Å². The quantitative estimate of drug-likeness (QED) is 0.679. The molecule has 1 rings (SSSR count). The topological polar surface area (TPSA) is 49.8 Å². The molecule has 0 amide bonds. The van der Waals surface area contributed by atoms with Crippen molar-refractivity contribution in [1.29, 1.82) is 5.26 Å². The van der Waals surface area contributed by atoms with Gasteiger partial charge in [0.1, 0.15) is 0 Å². The van der Waals surface area contributed by atoms with Gasteiger partial charge in [0.2, 0.25) is 0 Å². The second-order valence-electron chi connectivity index (χ2n) is 2.56. The van der Waals surface area contributed by atoms with Gasteiger partial charge in [-0.15, -0.1) is 12.6 Å². The summed E-state index contributed by atoms with van der Waals surface area (Å²) in [4.78, 5) is 0.905. The Balaban J connectivity index is 2.76. The number of nitrogens with two attached hydrogens (primary N) is 1. The van der Waals surface area contributed by atoms with E-state index in [1.54, 1.807) is 0 Å². The molecule has 2 N–H and O–H groups in total. The van der Waals surface area contributed by atoms with Crippen molar-refractivity contribution in [3.63, 3.8) is 0 Å². The third-order valence-corrected chi connectivity index (χ3v) is 1.93. The molecule has 0 saturated heterocycles. The predicted molar refractivity (Wildman–Crippen MR) is 50.9 cm³/mol. The van der Waals surface area contributed by atoms with Gasteiger partial charge in [-0.3, -0.25) is 0 Å². The molecular weight excluding hydrogens is 168 g/mol. The van der Waals surface area contributed by atoms with E-state index in [-0.39, 0.29) is 6.04 Å². The van der Waals surface area contributed by atoms with E-state index >= 15 is 0 Å². The Morgan fingerprint density at radius 3 is 2.50 bits per heavy atom. The van der Waals surface area contributed by atoms with Gasteiger partial charge in [-0.05, 0) is 17.7 Å². The van der Waals surface area contributed by atoms with E-state index in [9.17, 15) is 0 Å². The molecule has 0 aliphatic heterocycles. The van der Waals surface area contributed by atoms with Crippen molar-refractivity contribution in [2.45, 2.75) is 17.4 Å². The van der Waals surface area contributed by atoms with Crippen LogP contribution >= 0.6 is 12.6 Å². The highest BCUT2D eigenvalue weighted by Gasteiger charge is 2.03. The van der Waals surface area contributed by atoms with Crippen LogP contribution in [0.4, 0.5) is 0 Å². The molecule has 1 aromatic carbocycles. The van der Waals surface area contributed by atoms with Crippen molar-refractivity contribution in [2.24, 2.45) is 5.73 Å². The van der Waals surface area contributed by atoms with Crippen LogP contribution in [-0.4, -0.2) is 0 Å². The zero-order valence-electron chi connectivity index (χ0n) is 6.57. The molecular formula is C9H10N2S. The molecule has 1 aromatic rings. The standard InChI is InChI=1S/C9H10N2S/c10-6-5-9(11)7-1-3-8(12)4-2-7/h1-4,9,12H,5,11H2/t9-/m1/s1. The van der Waals surface area contributed by atoms with E-state index in [1.807, 2.05) is 30.3 Å². The lowest BCUT2D eigenvalue weighted by Crippen LogP contribution is -2.08. The zero-order chi connectivity index (χ0) is 8.97. The first-order valence-corrected chi connectivity index (χ1v) is 4.10. The smallest absolute Gasteiger partial charge is 0.0641 e. The van der Waals surface area contributed by atoms with Crippen LogP contribution in [0.2, 0.25) is 0 Å². The first-order chi connectivity index (χ1) is 5.74. The van der Waals surface area contributed by atoms with Crippen LogP contribution in [0.25, 0.3) is 0 Å². The number of thiol groups is 1. The molecule has 0 saturated carbocycles. The third kappa shape index (κ3) is 2.26. The van der Waals surface area contributed by atoms with Gasteiger partial charge in [0.25, 0.3) is 0 Å². The number of benzene rings is 1. The Hall–Kier alpha value is -0.980. The van der Waals surface area contributed by atoms with E-state index in [0.29, 0.717) is 6.42 Å². The normalized spacial score (nSPS) is 12.1. The average Bonchev–Trinajstić information content (AvgIpc) is 2.06. The van der Waals surface area contributed by atoms with E-state index in [2.05, 4.69) is 12.6 Å². The van der Waals surface area contributed by atoms with Crippen molar-refractivity contribution in [2.75, 3.05) is 0 Å². The summed E-state index contributed by atoms with van der Waals surface area (Å²) in [6, 6.07) is 9.39. The highest BCUT2D eigenvalue weighted by atomic mass is 32.1. The lowest BCUT2D eigenvalue weighted by Gasteiger charge is -2.06. The maximum absolute atomic E-state index is 8.41. The highest BCUT2D eigenvalue weighted by Crippen LogP contribution is 2.15. The SMILES string of the molecule is N#CC[C@@H](N)c1ccc(S)cc1. The summed E-state index contributed by atoms with van der Waals surface area (Å²) in [6.07, 6.45) is 0.353. The number of hydrogen-bond donors (Lipinski definition) is 2. The molecule has 2 nitrogen and oxygen atoms in total. The molecule has 0 fully saturated rings. The first-order valence-electron chi connectivity index (χ1n) is 3.65. The summed E-state index contributed by atoms with van der Waals surface area (Å²) in [5, 5.41) is 8.41. The van der Waals surface area contributed by atoms with Crippen LogP contribution in [0.1, 0.15) is 18.0 Å². The number of nitrogens with zero attached hydrogens (tertiary/aromatic N) is 1. The minimum atomic E-state index is -0.177. The van der Waals surface area contributed by atoms with Gasteiger partial charge in [-0.2, -0.15) is 5.26 Å². The molecule has 0 aliphatic rings. The molecule has 0 radical (unpaired) electrons. The van der Waals surface area contributed by atoms with Gasteiger partial charge in [0, 0.05) is 10.9 Å². The molecule has 0 aromatic heterocycles. The summed E-state index contributed by atoms with van der Waals surface area (Å²) in [6.45, 7) is 0. The molecule has 0 bridgehead atoms. The monoisotopic (exact) mass is 178 g/mol. The van der Waals surface area contributed by atoms with Gasteiger partial charge in [0.15, 0.2) is 0 Å². The molecule has 3 heteroatoms. The van der Waals surface area contributed by atoms with Gasteiger partial charge >= 0.3 is 0 Å². The van der Waals surface area contributed by atoms with Gasteiger partial charge in [-0.1, -0.05) is 12.1 Å². The van der Waals surface area contributed by atoms with Gasteiger partial charge in [-0.25, -0.2) is 0 Å². The average molecular weight is 178 g/mol. The fourth-order valence-electron chi connectivity index (χ4n) is 0.938. The number of hydrogen-bond acceptors (Lipinski definition) is 3. The van der Waals surface area contributed by atoms with Crippen molar-refractivity contribution in [3.8, 4) is 6.07 Å². The van der Waals surface area contributed by atoms with Crippen LogP contribution in [0.5, 0.6) is 0 Å². The van der Waals surface area contributed by atoms with Crippen LogP contribution in [0, 0.1) is 11.3 Å². The Bertz CT molecular complexity index is 286. The summed E-state index contributed by atoms with van der Waals surface area (Å²) in [5.74, 6) is 0. The lowest BCUT2D eigenvalue weighted by atomic mass is 10.1. The molecule has 0 aliphatic carbocycles. The van der Waals surface area contributed by atoms with Crippen LogP contribution < -0.4 is 5.73 Å². The van der Waals surface area contributed by atoms with E-state index in [0.717, 1.165) is 10.5 Å². The second-order valence-corrected chi connectivity index (χ2v) is 3.08. The second kappa shape index (κ2) is 4.15. The third-order valence-electron chi connectivity index (χ3n) is 1.63. The minimum absolute atomic E-state index is 0.177. The zero-order valence-corrected chi connectivity index (χ0v) is 7.46.